The molecule has 1 aliphatic rings. The van der Waals surface area contributed by atoms with Gasteiger partial charge in [-0.3, -0.25) is 0 Å². The largest absolute Gasteiger partial charge is 0.377 e. The summed E-state index contributed by atoms with van der Waals surface area (Å²) in [6.07, 6.45) is 10.3. The highest BCUT2D eigenvalue weighted by Crippen LogP contribution is 2.18. The smallest absolute Gasteiger partial charge is 0.0665 e. The fourth-order valence-electron chi connectivity index (χ4n) is 1.86. The fraction of sp³-hybridized carbons (Fsp3) is 1.00. The molecule has 0 aromatic carbocycles. The van der Waals surface area contributed by atoms with Crippen LogP contribution in [0.1, 0.15) is 51.9 Å². The molecule has 1 rings (SSSR count). The first-order valence-electron chi connectivity index (χ1n) is 6.13. The lowest BCUT2D eigenvalue weighted by Crippen LogP contribution is -2.22. The quantitative estimate of drug-likeness (QED) is 0.597. The van der Waals surface area contributed by atoms with E-state index in [-0.39, 0.29) is 0 Å². The first-order valence-corrected chi connectivity index (χ1v) is 7.28. The van der Waals surface area contributed by atoms with Crippen molar-refractivity contribution in [2.45, 2.75) is 58.0 Å². The highest BCUT2D eigenvalue weighted by atomic mass is 32.2. The first-order chi connectivity index (χ1) is 6.93. The van der Waals surface area contributed by atoms with Crippen LogP contribution >= 0.6 is 11.8 Å². The maximum atomic E-state index is 5.68. The van der Waals surface area contributed by atoms with Gasteiger partial charge in [0, 0.05) is 11.5 Å². The minimum Gasteiger partial charge on any atom is -0.377 e. The van der Waals surface area contributed by atoms with Crippen LogP contribution in [0.4, 0.5) is 0 Å². The van der Waals surface area contributed by atoms with Crippen molar-refractivity contribution in [1.29, 1.82) is 0 Å². The van der Waals surface area contributed by atoms with Crippen LogP contribution in [-0.2, 0) is 4.74 Å². The van der Waals surface area contributed by atoms with Gasteiger partial charge in [0.15, 0.2) is 0 Å². The summed E-state index contributed by atoms with van der Waals surface area (Å²) in [5, 5.41) is 0. The fourth-order valence-corrected chi connectivity index (χ4v) is 2.76. The van der Waals surface area contributed by atoms with E-state index in [1.807, 2.05) is 11.8 Å². The van der Waals surface area contributed by atoms with Gasteiger partial charge in [-0.25, -0.2) is 0 Å². The van der Waals surface area contributed by atoms with Crippen molar-refractivity contribution >= 4 is 11.8 Å². The van der Waals surface area contributed by atoms with Crippen LogP contribution in [0, 0.1) is 0 Å². The van der Waals surface area contributed by atoms with Gasteiger partial charge in [-0.1, -0.05) is 45.4 Å². The van der Waals surface area contributed by atoms with Gasteiger partial charge in [0.2, 0.25) is 0 Å². The molecule has 1 unspecified atom stereocenters. The highest BCUT2D eigenvalue weighted by molar-refractivity contribution is 7.99. The van der Waals surface area contributed by atoms with Crippen LogP contribution in [0.5, 0.6) is 0 Å². The molecule has 0 aliphatic carbocycles. The van der Waals surface area contributed by atoms with Crippen molar-refractivity contribution in [2.75, 3.05) is 18.1 Å². The molecule has 1 aliphatic heterocycles. The van der Waals surface area contributed by atoms with E-state index in [2.05, 4.69) is 6.92 Å². The van der Waals surface area contributed by atoms with Crippen LogP contribution in [0.15, 0.2) is 0 Å². The molecule has 0 amide bonds. The summed E-state index contributed by atoms with van der Waals surface area (Å²) in [6, 6.07) is 0. The van der Waals surface area contributed by atoms with Crippen molar-refractivity contribution in [3.8, 4) is 0 Å². The van der Waals surface area contributed by atoms with E-state index in [1.54, 1.807) is 0 Å². The highest BCUT2D eigenvalue weighted by Gasteiger charge is 2.12. The zero-order chi connectivity index (χ0) is 10.1. The Morgan fingerprint density at radius 3 is 2.64 bits per heavy atom. The first kappa shape index (κ1) is 12.4. The SMILES string of the molecule is CCCCCCCCC1CSCCO1. The molecule has 1 heterocycles. The molecule has 2 heteroatoms. The third kappa shape index (κ3) is 5.92. The number of hydrogen-bond acceptors (Lipinski definition) is 2. The van der Waals surface area contributed by atoms with E-state index >= 15 is 0 Å². The van der Waals surface area contributed by atoms with Gasteiger partial charge in [-0.2, -0.15) is 11.8 Å². The predicted molar refractivity (Wildman–Crippen MR) is 65.1 cm³/mol. The second kappa shape index (κ2) is 8.60. The summed E-state index contributed by atoms with van der Waals surface area (Å²) in [5.74, 6) is 2.43. The lowest BCUT2D eigenvalue weighted by Gasteiger charge is -2.21. The number of hydrogen-bond donors (Lipinski definition) is 0. The van der Waals surface area contributed by atoms with Gasteiger partial charge >= 0.3 is 0 Å². The number of rotatable bonds is 7. The van der Waals surface area contributed by atoms with E-state index in [9.17, 15) is 0 Å². The van der Waals surface area contributed by atoms with Crippen molar-refractivity contribution in [1.82, 2.24) is 0 Å². The molecule has 84 valence electrons. The van der Waals surface area contributed by atoms with Crippen LogP contribution in [0.3, 0.4) is 0 Å². The average molecular weight is 216 g/mol. The summed E-state index contributed by atoms with van der Waals surface area (Å²) in [4.78, 5) is 0. The monoisotopic (exact) mass is 216 g/mol. The molecule has 0 aromatic rings. The van der Waals surface area contributed by atoms with E-state index in [0.717, 1.165) is 6.61 Å². The topological polar surface area (TPSA) is 9.23 Å². The molecular formula is C12H24OS. The summed E-state index contributed by atoms with van der Waals surface area (Å²) in [5.41, 5.74) is 0. The van der Waals surface area contributed by atoms with Gasteiger partial charge in [-0.05, 0) is 6.42 Å². The normalized spacial score (nSPS) is 22.5. The van der Waals surface area contributed by atoms with Crippen molar-refractivity contribution in [2.24, 2.45) is 0 Å². The Morgan fingerprint density at radius 2 is 1.93 bits per heavy atom. The maximum Gasteiger partial charge on any atom is 0.0665 e. The molecule has 1 nitrogen and oxygen atoms in total. The maximum absolute atomic E-state index is 5.68. The lowest BCUT2D eigenvalue weighted by atomic mass is 10.1. The second-order valence-electron chi connectivity index (χ2n) is 4.12. The Hall–Kier alpha value is 0.310. The summed E-state index contributed by atoms with van der Waals surface area (Å²) < 4.78 is 5.68. The zero-order valence-electron chi connectivity index (χ0n) is 9.46. The minimum atomic E-state index is 0.569. The van der Waals surface area contributed by atoms with Crippen LogP contribution in [0.2, 0.25) is 0 Å². The van der Waals surface area contributed by atoms with Gasteiger partial charge in [0.1, 0.15) is 0 Å². The molecular weight excluding hydrogens is 192 g/mol. The molecule has 1 fully saturated rings. The Morgan fingerprint density at radius 1 is 1.14 bits per heavy atom. The minimum absolute atomic E-state index is 0.569. The van der Waals surface area contributed by atoms with Gasteiger partial charge < -0.3 is 4.74 Å². The lowest BCUT2D eigenvalue weighted by molar-refractivity contribution is 0.0677. The van der Waals surface area contributed by atoms with Crippen molar-refractivity contribution in [3.63, 3.8) is 0 Å². The molecule has 0 saturated carbocycles. The predicted octanol–water partition coefficient (Wildman–Crippen LogP) is 3.87. The van der Waals surface area contributed by atoms with Crippen molar-refractivity contribution < 1.29 is 4.74 Å². The number of unbranched alkanes of at least 4 members (excludes halogenated alkanes) is 5. The molecule has 0 N–H and O–H groups in total. The zero-order valence-corrected chi connectivity index (χ0v) is 10.3. The Labute approximate surface area is 93.0 Å². The molecule has 0 bridgehead atoms. The summed E-state index contributed by atoms with van der Waals surface area (Å²) >= 11 is 2.05. The van der Waals surface area contributed by atoms with Gasteiger partial charge in [-0.15, -0.1) is 0 Å². The van der Waals surface area contributed by atoms with E-state index in [4.69, 9.17) is 4.74 Å². The Balaban J connectivity index is 1.82. The third-order valence-electron chi connectivity index (χ3n) is 2.76. The molecule has 0 radical (unpaired) electrons. The molecule has 1 atom stereocenters. The van der Waals surface area contributed by atoms with Crippen LogP contribution < -0.4 is 0 Å². The third-order valence-corrected chi connectivity index (χ3v) is 3.83. The number of ether oxygens (including phenoxy) is 1. The Kier molecular flexibility index (Phi) is 7.61. The van der Waals surface area contributed by atoms with Gasteiger partial charge in [0.05, 0.1) is 12.7 Å². The molecule has 0 spiro atoms. The van der Waals surface area contributed by atoms with Crippen LogP contribution in [-0.4, -0.2) is 24.2 Å². The van der Waals surface area contributed by atoms with Crippen molar-refractivity contribution in [3.05, 3.63) is 0 Å². The Bertz CT molecular complexity index is 121. The molecule has 14 heavy (non-hydrogen) atoms. The second-order valence-corrected chi connectivity index (χ2v) is 5.27. The molecule has 1 saturated heterocycles. The van der Waals surface area contributed by atoms with Gasteiger partial charge in [0.25, 0.3) is 0 Å². The van der Waals surface area contributed by atoms with Crippen LogP contribution in [0.25, 0.3) is 0 Å². The van der Waals surface area contributed by atoms with E-state index < -0.39 is 0 Å². The van der Waals surface area contributed by atoms with E-state index in [1.165, 1.54) is 56.5 Å². The number of thioether (sulfide) groups is 1. The summed E-state index contributed by atoms with van der Waals surface area (Å²) in [6.45, 7) is 3.25. The molecule has 0 aromatic heterocycles. The standard InChI is InChI=1S/C12H24OS/c1-2-3-4-5-6-7-8-12-11-14-10-9-13-12/h12H,2-11H2,1H3. The summed E-state index contributed by atoms with van der Waals surface area (Å²) in [7, 11) is 0. The van der Waals surface area contributed by atoms with E-state index in [0.29, 0.717) is 6.10 Å². The average Bonchev–Trinajstić information content (AvgIpc) is 2.25.